The lowest BCUT2D eigenvalue weighted by Gasteiger charge is -2.26. The van der Waals surface area contributed by atoms with Crippen molar-refractivity contribution >= 4 is 23.8 Å². The Labute approximate surface area is 129 Å². The zero-order chi connectivity index (χ0) is 15.7. The molecule has 1 unspecified atom stereocenters. The van der Waals surface area contributed by atoms with E-state index in [2.05, 4.69) is 0 Å². The Morgan fingerprint density at radius 1 is 1.33 bits per heavy atom. The molecule has 1 aromatic rings. The molecule has 1 N–H and O–H groups in total. The normalized spacial score (nSPS) is 11.7. The first-order valence-corrected chi connectivity index (χ1v) is 8.18. The summed E-state index contributed by atoms with van der Waals surface area (Å²) in [5.74, 6) is -0.318. The average Bonchev–Trinajstić information content (AvgIpc) is 2.49. The van der Waals surface area contributed by atoms with Gasteiger partial charge in [-0.2, -0.15) is 11.8 Å². The van der Waals surface area contributed by atoms with Crippen LogP contribution in [0.1, 0.15) is 18.9 Å². The van der Waals surface area contributed by atoms with Crippen LogP contribution in [0.25, 0.3) is 0 Å². The van der Waals surface area contributed by atoms with Crippen molar-refractivity contribution in [1.82, 2.24) is 4.90 Å². The molecule has 0 radical (unpaired) electrons. The number of carbonyl (C=O) groups excluding carboxylic acids is 1. The molecule has 21 heavy (non-hydrogen) atoms. The van der Waals surface area contributed by atoms with Gasteiger partial charge in [0.2, 0.25) is 0 Å². The molecular weight excluding hydrogens is 290 g/mol. The van der Waals surface area contributed by atoms with Crippen LogP contribution in [0.5, 0.6) is 0 Å². The van der Waals surface area contributed by atoms with E-state index in [0.29, 0.717) is 18.7 Å². The van der Waals surface area contributed by atoms with Crippen molar-refractivity contribution in [3.63, 3.8) is 0 Å². The zero-order valence-electron chi connectivity index (χ0n) is 12.3. The molecule has 0 aliphatic carbocycles. The molecule has 5 nitrogen and oxygen atoms in total. The van der Waals surface area contributed by atoms with E-state index in [4.69, 9.17) is 4.74 Å². The number of ether oxygens (including phenoxy) is 1. The summed E-state index contributed by atoms with van der Waals surface area (Å²) < 4.78 is 5.21. The minimum absolute atomic E-state index is 0.144. The number of rotatable bonds is 8. The zero-order valence-corrected chi connectivity index (χ0v) is 13.1. The summed E-state index contributed by atoms with van der Waals surface area (Å²) in [6.07, 6.45) is 1.73. The van der Waals surface area contributed by atoms with Gasteiger partial charge in [-0.05, 0) is 30.9 Å². The summed E-state index contributed by atoms with van der Waals surface area (Å²) in [7, 11) is 0. The number of hydrogen-bond donors (Lipinski definition) is 1. The van der Waals surface area contributed by atoms with Gasteiger partial charge in [0.1, 0.15) is 12.6 Å². The van der Waals surface area contributed by atoms with Gasteiger partial charge < -0.3 is 9.84 Å². The van der Waals surface area contributed by atoms with Gasteiger partial charge in [0.05, 0.1) is 0 Å². The first kappa shape index (κ1) is 17.4. The average molecular weight is 311 g/mol. The third-order valence-electron chi connectivity index (χ3n) is 3.04. The van der Waals surface area contributed by atoms with E-state index in [0.717, 1.165) is 5.56 Å². The lowest BCUT2D eigenvalue weighted by atomic mass is 10.2. The monoisotopic (exact) mass is 311 g/mol. The second-order valence-corrected chi connectivity index (χ2v) is 5.45. The SMILES string of the molecule is CCN(C(=O)OCc1ccccc1)C(CCSC)C(=O)O. The Morgan fingerprint density at radius 3 is 2.52 bits per heavy atom. The Kier molecular flexibility index (Phi) is 7.68. The smallest absolute Gasteiger partial charge is 0.410 e. The number of carboxylic acid groups (broad SMARTS) is 1. The molecule has 0 aromatic heterocycles. The molecule has 0 spiro atoms. The standard InChI is InChI=1S/C15H21NO4S/c1-3-16(13(14(17)18)9-10-21-2)15(19)20-11-12-7-5-4-6-8-12/h4-8,13H,3,9-11H2,1-2H3,(H,17,18). The van der Waals surface area contributed by atoms with Crippen LogP contribution in [-0.4, -0.2) is 46.7 Å². The highest BCUT2D eigenvalue weighted by molar-refractivity contribution is 7.98. The number of benzene rings is 1. The highest BCUT2D eigenvalue weighted by Gasteiger charge is 2.29. The van der Waals surface area contributed by atoms with Crippen LogP contribution in [-0.2, 0) is 16.1 Å². The number of amides is 1. The van der Waals surface area contributed by atoms with Crippen LogP contribution in [0.4, 0.5) is 4.79 Å². The fourth-order valence-electron chi connectivity index (χ4n) is 1.92. The van der Waals surface area contributed by atoms with Gasteiger partial charge in [-0.25, -0.2) is 9.59 Å². The second kappa shape index (κ2) is 9.28. The Morgan fingerprint density at radius 2 is 2.00 bits per heavy atom. The molecular formula is C15H21NO4S. The molecule has 1 rings (SSSR count). The van der Waals surface area contributed by atoms with Crippen molar-refractivity contribution in [2.24, 2.45) is 0 Å². The number of likely N-dealkylation sites (N-methyl/N-ethyl adjacent to an activating group) is 1. The summed E-state index contributed by atoms with van der Waals surface area (Å²) in [5, 5.41) is 9.28. The van der Waals surface area contributed by atoms with E-state index < -0.39 is 18.1 Å². The van der Waals surface area contributed by atoms with Gasteiger partial charge in [0.15, 0.2) is 0 Å². The fraction of sp³-hybridized carbons (Fsp3) is 0.467. The van der Waals surface area contributed by atoms with Crippen LogP contribution in [0, 0.1) is 0 Å². The number of nitrogens with zero attached hydrogens (tertiary/aromatic N) is 1. The van der Waals surface area contributed by atoms with E-state index in [-0.39, 0.29) is 6.61 Å². The molecule has 0 saturated carbocycles. The first-order chi connectivity index (χ1) is 10.1. The maximum absolute atomic E-state index is 12.1. The van der Waals surface area contributed by atoms with Crippen LogP contribution >= 0.6 is 11.8 Å². The van der Waals surface area contributed by atoms with Crippen LogP contribution < -0.4 is 0 Å². The second-order valence-electron chi connectivity index (χ2n) is 4.46. The molecule has 0 saturated heterocycles. The van der Waals surface area contributed by atoms with Crippen molar-refractivity contribution in [1.29, 1.82) is 0 Å². The summed E-state index contributed by atoms with van der Waals surface area (Å²) in [4.78, 5) is 24.7. The van der Waals surface area contributed by atoms with Crippen LogP contribution in [0.2, 0.25) is 0 Å². The van der Waals surface area contributed by atoms with Crippen LogP contribution in [0.3, 0.4) is 0 Å². The van der Waals surface area contributed by atoms with Crippen LogP contribution in [0.15, 0.2) is 30.3 Å². The molecule has 0 fully saturated rings. The molecule has 0 aliphatic heterocycles. The number of hydrogen-bond acceptors (Lipinski definition) is 4. The van der Waals surface area contributed by atoms with Gasteiger partial charge in [0, 0.05) is 6.54 Å². The molecule has 0 bridgehead atoms. The molecule has 0 aliphatic rings. The predicted octanol–water partition coefficient (Wildman–Crippen LogP) is 2.85. The minimum atomic E-state index is -0.998. The van der Waals surface area contributed by atoms with Crippen molar-refractivity contribution in [2.45, 2.75) is 26.0 Å². The fourth-order valence-corrected chi connectivity index (χ4v) is 2.38. The quantitative estimate of drug-likeness (QED) is 0.799. The predicted molar refractivity (Wildman–Crippen MR) is 83.4 cm³/mol. The molecule has 1 aromatic carbocycles. The Hall–Kier alpha value is -1.69. The molecule has 1 atom stereocenters. The van der Waals surface area contributed by atoms with E-state index >= 15 is 0 Å². The first-order valence-electron chi connectivity index (χ1n) is 6.79. The lowest BCUT2D eigenvalue weighted by Crippen LogP contribution is -2.45. The van der Waals surface area contributed by atoms with Crippen molar-refractivity contribution in [3.05, 3.63) is 35.9 Å². The number of carbonyl (C=O) groups is 2. The van der Waals surface area contributed by atoms with E-state index in [1.807, 2.05) is 36.6 Å². The van der Waals surface area contributed by atoms with Gasteiger partial charge in [0.25, 0.3) is 0 Å². The number of aliphatic carboxylic acids is 1. The maximum Gasteiger partial charge on any atom is 0.410 e. The molecule has 1 amide bonds. The highest BCUT2D eigenvalue weighted by Crippen LogP contribution is 2.12. The van der Waals surface area contributed by atoms with Gasteiger partial charge in [-0.3, -0.25) is 4.90 Å². The Balaban J connectivity index is 2.63. The van der Waals surface area contributed by atoms with Gasteiger partial charge in [-0.15, -0.1) is 0 Å². The molecule has 6 heteroatoms. The minimum Gasteiger partial charge on any atom is -0.480 e. The van der Waals surface area contributed by atoms with E-state index in [9.17, 15) is 14.7 Å². The number of thioether (sulfide) groups is 1. The Bertz CT molecular complexity index is 452. The van der Waals surface area contributed by atoms with Crippen molar-refractivity contribution in [3.8, 4) is 0 Å². The third kappa shape index (κ3) is 5.67. The van der Waals surface area contributed by atoms with Crippen molar-refractivity contribution < 1.29 is 19.4 Å². The number of carboxylic acids is 1. The lowest BCUT2D eigenvalue weighted by molar-refractivity contribution is -0.142. The van der Waals surface area contributed by atoms with E-state index in [1.54, 1.807) is 18.7 Å². The van der Waals surface area contributed by atoms with Gasteiger partial charge in [-0.1, -0.05) is 30.3 Å². The molecule has 0 heterocycles. The summed E-state index contributed by atoms with van der Waals surface area (Å²) in [5.41, 5.74) is 0.873. The third-order valence-corrected chi connectivity index (χ3v) is 3.68. The summed E-state index contributed by atoms with van der Waals surface area (Å²) in [6.45, 7) is 2.20. The van der Waals surface area contributed by atoms with E-state index in [1.165, 1.54) is 4.90 Å². The highest BCUT2D eigenvalue weighted by atomic mass is 32.2. The topological polar surface area (TPSA) is 66.8 Å². The molecule has 116 valence electrons. The van der Waals surface area contributed by atoms with Crippen molar-refractivity contribution in [2.75, 3.05) is 18.6 Å². The van der Waals surface area contributed by atoms with Gasteiger partial charge >= 0.3 is 12.1 Å². The largest absolute Gasteiger partial charge is 0.480 e. The maximum atomic E-state index is 12.1. The summed E-state index contributed by atoms with van der Waals surface area (Å²) in [6, 6.07) is 8.47. The summed E-state index contributed by atoms with van der Waals surface area (Å²) >= 11 is 1.56.